The van der Waals surface area contributed by atoms with Crippen LogP contribution in [-0.2, 0) is 18.3 Å². The Kier molecular flexibility index (Phi) is 3.39. The second-order valence-electron chi connectivity index (χ2n) is 4.63. The van der Waals surface area contributed by atoms with Crippen LogP contribution in [0.3, 0.4) is 0 Å². The number of rotatable bonds is 4. The van der Waals surface area contributed by atoms with Crippen LogP contribution >= 0.6 is 0 Å². The lowest BCUT2D eigenvalue weighted by atomic mass is 9.93. The second-order valence-corrected chi connectivity index (χ2v) is 4.63. The summed E-state index contributed by atoms with van der Waals surface area (Å²) in [5.74, 6) is 0.609. The summed E-state index contributed by atoms with van der Waals surface area (Å²) in [4.78, 5) is 12.0. The summed E-state index contributed by atoms with van der Waals surface area (Å²) >= 11 is 0. The molecule has 0 radical (unpaired) electrons. The third-order valence-electron chi connectivity index (χ3n) is 3.36. The van der Waals surface area contributed by atoms with E-state index in [-0.39, 0.29) is 5.92 Å². The smallest absolute Gasteiger partial charge is 0.137 e. The maximum atomic E-state index is 12.0. The Morgan fingerprint density at radius 3 is 3.06 bits per heavy atom. The van der Waals surface area contributed by atoms with E-state index in [2.05, 4.69) is 17.3 Å². The van der Waals surface area contributed by atoms with Crippen molar-refractivity contribution in [1.29, 1.82) is 0 Å². The highest BCUT2D eigenvalue weighted by Gasteiger charge is 2.28. The molecule has 1 saturated heterocycles. The molecule has 2 atom stereocenters. The highest BCUT2D eigenvalue weighted by atomic mass is 16.1. The van der Waals surface area contributed by atoms with Crippen LogP contribution in [0.1, 0.15) is 25.3 Å². The molecule has 2 rings (SSSR count). The molecule has 0 aliphatic carbocycles. The van der Waals surface area contributed by atoms with Crippen LogP contribution in [0.5, 0.6) is 0 Å². The van der Waals surface area contributed by atoms with Gasteiger partial charge in [-0.05, 0) is 31.9 Å². The molecule has 1 aromatic heterocycles. The Morgan fingerprint density at radius 1 is 1.69 bits per heavy atom. The van der Waals surface area contributed by atoms with E-state index in [9.17, 15) is 4.79 Å². The molecule has 1 aliphatic heterocycles. The maximum absolute atomic E-state index is 12.0. The van der Waals surface area contributed by atoms with Crippen molar-refractivity contribution >= 4 is 5.78 Å². The van der Waals surface area contributed by atoms with Crippen LogP contribution in [-0.4, -0.2) is 28.2 Å². The van der Waals surface area contributed by atoms with Crippen LogP contribution in [0.25, 0.3) is 0 Å². The van der Waals surface area contributed by atoms with E-state index < -0.39 is 0 Å². The predicted octanol–water partition coefficient (Wildman–Crippen LogP) is 0.920. The molecule has 16 heavy (non-hydrogen) atoms. The van der Waals surface area contributed by atoms with Crippen molar-refractivity contribution in [2.24, 2.45) is 13.0 Å². The molecule has 0 saturated carbocycles. The van der Waals surface area contributed by atoms with Crippen molar-refractivity contribution < 1.29 is 4.79 Å². The van der Waals surface area contributed by atoms with Crippen molar-refractivity contribution in [3.63, 3.8) is 0 Å². The van der Waals surface area contributed by atoms with E-state index in [0.29, 0.717) is 18.2 Å². The van der Waals surface area contributed by atoms with Crippen LogP contribution in [0.2, 0.25) is 0 Å². The zero-order valence-corrected chi connectivity index (χ0v) is 9.94. The SMILES string of the molecule is CC1NCCC1C(=O)CCc1cnn(C)c1. The first-order valence-corrected chi connectivity index (χ1v) is 5.90. The van der Waals surface area contributed by atoms with Crippen LogP contribution in [0, 0.1) is 5.92 Å². The summed E-state index contributed by atoms with van der Waals surface area (Å²) in [6.45, 7) is 3.07. The minimum Gasteiger partial charge on any atom is -0.314 e. The molecule has 0 spiro atoms. The highest BCUT2D eigenvalue weighted by molar-refractivity contribution is 5.82. The van der Waals surface area contributed by atoms with Gasteiger partial charge in [0.15, 0.2) is 0 Å². The summed E-state index contributed by atoms with van der Waals surface area (Å²) in [5.41, 5.74) is 1.15. The molecule has 0 amide bonds. The molecular formula is C12H19N3O. The average Bonchev–Trinajstić information content (AvgIpc) is 2.84. The lowest BCUT2D eigenvalue weighted by molar-refractivity contribution is -0.122. The largest absolute Gasteiger partial charge is 0.314 e. The molecule has 0 bridgehead atoms. The van der Waals surface area contributed by atoms with Crippen molar-refractivity contribution in [2.75, 3.05) is 6.54 Å². The Balaban J connectivity index is 1.83. The molecule has 2 unspecified atom stereocenters. The summed E-state index contributed by atoms with van der Waals surface area (Å²) < 4.78 is 1.78. The standard InChI is InChI=1S/C12H19N3O/c1-9-11(5-6-13-9)12(16)4-3-10-7-14-15(2)8-10/h7-9,11,13H,3-6H2,1-2H3. The third-order valence-corrected chi connectivity index (χ3v) is 3.36. The van der Waals surface area contributed by atoms with Gasteiger partial charge in [0.1, 0.15) is 5.78 Å². The van der Waals surface area contributed by atoms with Gasteiger partial charge in [0, 0.05) is 31.6 Å². The first-order valence-electron chi connectivity index (χ1n) is 5.90. The van der Waals surface area contributed by atoms with Crippen molar-refractivity contribution in [3.8, 4) is 0 Å². The highest BCUT2D eigenvalue weighted by Crippen LogP contribution is 2.18. The van der Waals surface area contributed by atoms with Crippen molar-refractivity contribution in [2.45, 2.75) is 32.2 Å². The number of carbonyl (C=O) groups excluding carboxylic acids is 1. The minimum atomic E-state index is 0.219. The number of Topliss-reactive ketones (excluding diaryl/α,β-unsaturated/α-hetero) is 1. The predicted molar refractivity (Wildman–Crippen MR) is 62.1 cm³/mol. The number of carbonyl (C=O) groups is 1. The number of hydrogen-bond donors (Lipinski definition) is 1. The number of aromatic nitrogens is 2. The number of aryl methyl sites for hydroxylation is 2. The monoisotopic (exact) mass is 221 g/mol. The topological polar surface area (TPSA) is 46.9 Å². The summed E-state index contributed by atoms with van der Waals surface area (Å²) in [7, 11) is 1.90. The molecule has 1 N–H and O–H groups in total. The van der Waals surface area contributed by atoms with Gasteiger partial charge < -0.3 is 5.32 Å². The number of ketones is 1. The molecular weight excluding hydrogens is 202 g/mol. The third kappa shape index (κ3) is 2.50. The molecule has 4 nitrogen and oxygen atoms in total. The van der Waals surface area contributed by atoms with Gasteiger partial charge in [0.25, 0.3) is 0 Å². The lowest BCUT2D eigenvalue weighted by Gasteiger charge is -2.12. The van der Waals surface area contributed by atoms with Gasteiger partial charge in [0.2, 0.25) is 0 Å². The van der Waals surface area contributed by atoms with Crippen LogP contribution in [0.15, 0.2) is 12.4 Å². The van der Waals surface area contributed by atoms with Gasteiger partial charge in [-0.1, -0.05) is 0 Å². The molecule has 1 aromatic rings. The minimum absolute atomic E-state index is 0.219. The molecule has 88 valence electrons. The lowest BCUT2D eigenvalue weighted by Crippen LogP contribution is -2.28. The van der Waals surface area contributed by atoms with E-state index >= 15 is 0 Å². The summed E-state index contributed by atoms with van der Waals surface area (Å²) in [6, 6.07) is 0.349. The molecule has 4 heteroatoms. The van der Waals surface area contributed by atoms with E-state index in [0.717, 1.165) is 24.9 Å². The first-order chi connectivity index (χ1) is 7.66. The fraction of sp³-hybridized carbons (Fsp3) is 0.667. The van der Waals surface area contributed by atoms with E-state index in [4.69, 9.17) is 0 Å². The fourth-order valence-electron chi connectivity index (χ4n) is 2.35. The van der Waals surface area contributed by atoms with Crippen LogP contribution in [0.4, 0.5) is 0 Å². The second kappa shape index (κ2) is 4.78. The Labute approximate surface area is 96.0 Å². The van der Waals surface area contributed by atoms with Gasteiger partial charge in [-0.25, -0.2) is 0 Å². The van der Waals surface area contributed by atoms with E-state index in [1.54, 1.807) is 4.68 Å². The van der Waals surface area contributed by atoms with Crippen molar-refractivity contribution in [1.82, 2.24) is 15.1 Å². The summed E-state index contributed by atoms with van der Waals surface area (Å²) in [5, 5.41) is 7.42. The quantitative estimate of drug-likeness (QED) is 0.822. The van der Waals surface area contributed by atoms with Crippen LogP contribution < -0.4 is 5.32 Å². The number of nitrogens with zero attached hydrogens (tertiary/aromatic N) is 2. The van der Waals surface area contributed by atoms with Gasteiger partial charge in [-0.15, -0.1) is 0 Å². The Bertz CT molecular complexity index is 372. The zero-order valence-electron chi connectivity index (χ0n) is 9.94. The van der Waals surface area contributed by atoms with Gasteiger partial charge in [0.05, 0.1) is 6.20 Å². The number of nitrogens with one attached hydrogen (secondary N) is 1. The van der Waals surface area contributed by atoms with E-state index in [1.165, 1.54) is 0 Å². The Hall–Kier alpha value is -1.16. The Morgan fingerprint density at radius 2 is 2.50 bits per heavy atom. The van der Waals surface area contributed by atoms with Gasteiger partial charge >= 0.3 is 0 Å². The normalized spacial score (nSPS) is 24.9. The molecule has 1 aliphatic rings. The van der Waals surface area contributed by atoms with Gasteiger partial charge in [-0.3, -0.25) is 9.48 Å². The summed E-state index contributed by atoms with van der Waals surface area (Å²) in [6.07, 6.45) is 6.26. The molecule has 1 fully saturated rings. The molecule has 0 aromatic carbocycles. The average molecular weight is 221 g/mol. The molecule has 2 heterocycles. The van der Waals surface area contributed by atoms with Gasteiger partial charge in [-0.2, -0.15) is 5.10 Å². The van der Waals surface area contributed by atoms with E-state index in [1.807, 2.05) is 19.4 Å². The number of hydrogen-bond acceptors (Lipinski definition) is 3. The maximum Gasteiger partial charge on any atom is 0.137 e. The fourth-order valence-corrected chi connectivity index (χ4v) is 2.35. The zero-order chi connectivity index (χ0) is 11.5. The van der Waals surface area contributed by atoms with Crippen molar-refractivity contribution in [3.05, 3.63) is 18.0 Å². The first kappa shape index (κ1) is 11.3.